The fraction of sp³-hybridized carbons (Fsp3) is 0.462. The molecule has 0 atom stereocenters. The smallest absolute Gasteiger partial charge is 0.254 e. The summed E-state index contributed by atoms with van der Waals surface area (Å²) < 4.78 is 2.39. The number of hydrogen-bond acceptors (Lipinski definition) is 2. The number of aryl methyl sites for hydroxylation is 1. The summed E-state index contributed by atoms with van der Waals surface area (Å²) in [5, 5.41) is 0.738. The van der Waals surface area contributed by atoms with Crippen LogP contribution in [0.5, 0.6) is 0 Å². The number of benzene rings is 2. The van der Waals surface area contributed by atoms with Crippen molar-refractivity contribution in [1.29, 1.82) is 0 Å². The van der Waals surface area contributed by atoms with Gasteiger partial charge >= 0.3 is 0 Å². The highest BCUT2D eigenvalue weighted by Crippen LogP contribution is 2.36. The van der Waals surface area contributed by atoms with Crippen LogP contribution in [0.1, 0.15) is 79.2 Å². The van der Waals surface area contributed by atoms with Crippen molar-refractivity contribution in [2.24, 2.45) is 0 Å². The highest BCUT2D eigenvalue weighted by molar-refractivity contribution is 6.31. The molecule has 2 aliphatic rings. The Balaban J connectivity index is 1.55. The number of nitrogens with zero attached hydrogens (tertiary/aromatic N) is 3. The van der Waals surface area contributed by atoms with Gasteiger partial charge in [-0.15, -0.1) is 0 Å². The molecular formula is C26H30ClN3O. The molecule has 2 aliphatic carbocycles. The molecule has 31 heavy (non-hydrogen) atoms. The van der Waals surface area contributed by atoms with Crippen LogP contribution in [0.15, 0.2) is 42.5 Å². The van der Waals surface area contributed by atoms with Gasteiger partial charge in [0.1, 0.15) is 5.82 Å². The number of rotatable bonds is 5. The zero-order chi connectivity index (χ0) is 21.4. The first-order valence-corrected chi connectivity index (χ1v) is 12.0. The van der Waals surface area contributed by atoms with Gasteiger partial charge in [-0.3, -0.25) is 4.79 Å². The lowest BCUT2D eigenvalue weighted by Gasteiger charge is -2.30. The van der Waals surface area contributed by atoms with E-state index >= 15 is 0 Å². The summed E-state index contributed by atoms with van der Waals surface area (Å²) in [7, 11) is 0. The van der Waals surface area contributed by atoms with Gasteiger partial charge in [0, 0.05) is 22.7 Å². The van der Waals surface area contributed by atoms with E-state index in [2.05, 4.69) is 16.4 Å². The molecule has 0 radical (unpaired) electrons. The van der Waals surface area contributed by atoms with Gasteiger partial charge in [0.25, 0.3) is 5.91 Å². The molecule has 162 valence electrons. The lowest BCUT2D eigenvalue weighted by Crippen LogP contribution is -2.39. The second-order valence-corrected chi connectivity index (χ2v) is 9.64. The van der Waals surface area contributed by atoms with E-state index in [-0.39, 0.29) is 11.9 Å². The Hall–Kier alpha value is -2.33. The molecule has 0 N–H and O–H groups in total. The molecule has 1 aromatic heterocycles. The summed E-state index contributed by atoms with van der Waals surface area (Å²) in [4.78, 5) is 20.7. The van der Waals surface area contributed by atoms with Gasteiger partial charge in [0.2, 0.25) is 0 Å². The van der Waals surface area contributed by atoms with Gasteiger partial charge in [-0.1, -0.05) is 55.0 Å². The van der Waals surface area contributed by atoms with Crippen LogP contribution >= 0.6 is 11.6 Å². The second kappa shape index (κ2) is 8.66. The van der Waals surface area contributed by atoms with Crippen LogP contribution in [0.3, 0.4) is 0 Å². The number of fused-ring (bicyclic) bond motifs is 1. The molecule has 0 spiro atoms. The fourth-order valence-electron chi connectivity index (χ4n) is 5.39. The van der Waals surface area contributed by atoms with Crippen molar-refractivity contribution in [1.82, 2.24) is 14.5 Å². The summed E-state index contributed by atoms with van der Waals surface area (Å²) in [6.07, 6.45) is 9.37. The maximum atomic E-state index is 13.6. The molecule has 3 aromatic rings. The van der Waals surface area contributed by atoms with Crippen molar-refractivity contribution in [3.63, 3.8) is 0 Å². The highest BCUT2D eigenvalue weighted by Gasteiger charge is 2.31. The van der Waals surface area contributed by atoms with Crippen LogP contribution in [-0.4, -0.2) is 26.4 Å². The Morgan fingerprint density at radius 2 is 1.71 bits per heavy atom. The third kappa shape index (κ3) is 4.10. The number of carbonyl (C=O) groups is 1. The van der Waals surface area contributed by atoms with E-state index in [4.69, 9.17) is 16.6 Å². The SMILES string of the molecule is Cc1ccc(C(=O)N(Cc2nc3ccc(Cl)cc3n2C2CCCC2)C2CCCC2)cc1. The standard InChI is InChI=1S/C26H30ClN3O/c1-18-10-12-19(13-11-18)26(31)29(21-6-2-3-7-21)17-25-28-23-15-14-20(27)16-24(23)30(25)22-8-4-5-9-22/h10-16,21-22H,2-9,17H2,1H3. The van der Waals surface area contributed by atoms with Gasteiger partial charge in [0.15, 0.2) is 0 Å². The molecule has 0 saturated heterocycles. The Labute approximate surface area is 189 Å². The van der Waals surface area contributed by atoms with E-state index in [9.17, 15) is 4.79 Å². The molecule has 5 rings (SSSR count). The van der Waals surface area contributed by atoms with Crippen LogP contribution in [-0.2, 0) is 6.54 Å². The highest BCUT2D eigenvalue weighted by atomic mass is 35.5. The van der Waals surface area contributed by atoms with Gasteiger partial charge < -0.3 is 9.47 Å². The van der Waals surface area contributed by atoms with Crippen LogP contribution in [0, 0.1) is 6.92 Å². The minimum Gasteiger partial charge on any atom is -0.328 e. The average Bonchev–Trinajstić information content (AvgIpc) is 3.52. The van der Waals surface area contributed by atoms with E-state index in [0.717, 1.165) is 40.3 Å². The van der Waals surface area contributed by atoms with Crippen molar-refractivity contribution in [3.8, 4) is 0 Å². The van der Waals surface area contributed by atoms with E-state index in [0.29, 0.717) is 12.6 Å². The molecule has 5 heteroatoms. The maximum absolute atomic E-state index is 13.6. The summed E-state index contributed by atoms with van der Waals surface area (Å²) in [6.45, 7) is 2.61. The number of imidazole rings is 1. The lowest BCUT2D eigenvalue weighted by molar-refractivity contribution is 0.0655. The van der Waals surface area contributed by atoms with Crippen LogP contribution in [0.2, 0.25) is 5.02 Å². The van der Waals surface area contributed by atoms with E-state index in [1.807, 2.05) is 42.5 Å². The molecule has 1 amide bonds. The van der Waals surface area contributed by atoms with Crippen molar-refractivity contribution < 1.29 is 4.79 Å². The van der Waals surface area contributed by atoms with E-state index in [1.54, 1.807) is 0 Å². The minimum absolute atomic E-state index is 0.120. The molecule has 2 aromatic carbocycles. The first kappa shape index (κ1) is 20.6. The van der Waals surface area contributed by atoms with Crippen molar-refractivity contribution in [3.05, 3.63) is 64.4 Å². The largest absolute Gasteiger partial charge is 0.328 e. The molecule has 2 saturated carbocycles. The normalized spacial score (nSPS) is 17.6. The summed E-state index contributed by atoms with van der Waals surface area (Å²) in [6, 6.07) is 14.6. The van der Waals surface area contributed by atoms with Gasteiger partial charge in [-0.05, 0) is 62.9 Å². The molecule has 0 bridgehead atoms. The number of carbonyl (C=O) groups excluding carboxylic acids is 1. The fourth-order valence-corrected chi connectivity index (χ4v) is 5.56. The maximum Gasteiger partial charge on any atom is 0.254 e. The lowest BCUT2D eigenvalue weighted by atomic mass is 10.1. The summed E-state index contributed by atoms with van der Waals surface area (Å²) in [5.41, 5.74) is 4.01. The molecule has 0 unspecified atom stereocenters. The first-order chi connectivity index (χ1) is 15.1. The van der Waals surface area contributed by atoms with Crippen LogP contribution < -0.4 is 0 Å². The second-order valence-electron chi connectivity index (χ2n) is 9.21. The first-order valence-electron chi connectivity index (χ1n) is 11.6. The van der Waals surface area contributed by atoms with E-state index in [1.165, 1.54) is 44.1 Å². The number of hydrogen-bond donors (Lipinski definition) is 0. The third-order valence-corrected chi connectivity index (χ3v) is 7.29. The third-order valence-electron chi connectivity index (χ3n) is 7.05. The number of amides is 1. The summed E-state index contributed by atoms with van der Waals surface area (Å²) >= 11 is 6.35. The van der Waals surface area contributed by atoms with Gasteiger partial charge in [-0.2, -0.15) is 0 Å². The predicted octanol–water partition coefficient (Wildman–Crippen LogP) is 6.70. The Bertz CT molecular complexity index is 1080. The molecule has 4 nitrogen and oxygen atoms in total. The minimum atomic E-state index is 0.120. The molecule has 0 aliphatic heterocycles. The van der Waals surface area contributed by atoms with Crippen molar-refractivity contribution >= 4 is 28.5 Å². The van der Waals surface area contributed by atoms with Crippen LogP contribution in [0.4, 0.5) is 0 Å². The monoisotopic (exact) mass is 435 g/mol. The molecule has 1 heterocycles. The zero-order valence-corrected chi connectivity index (χ0v) is 18.9. The molecular weight excluding hydrogens is 406 g/mol. The number of aromatic nitrogens is 2. The predicted molar refractivity (Wildman–Crippen MR) is 126 cm³/mol. The Morgan fingerprint density at radius 1 is 1.03 bits per heavy atom. The quantitative estimate of drug-likeness (QED) is 0.447. The molecule has 2 fully saturated rings. The summed E-state index contributed by atoms with van der Waals surface area (Å²) in [5.74, 6) is 1.12. The van der Waals surface area contributed by atoms with Crippen molar-refractivity contribution in [2.75, 3.05) is 0 Å². The zero-order valence-electron chi connectivity index (χ0n) is 18.2. The average molecular weight is 436 g/mol. The topological polar surface area (TPSA) is 38.1 Å². The van der Waals surface area contributed by atoms with Gasteiger partial charge in [0.05, 0.1) is 17.6 Å². The van der Waals surface area contributed by atoms with Crippen LogP contribution in [0.25, 0.3) is 11.0 Å². The van der Waals surface area contributed by atoms with Crippen molar-refractivity contribution in [2.45, 2.75) is 76.9 Å². The number of halogens is 1. The Morgan fingerprint density at radius 3 is 2.42 bits per heavy atom. The Kier molecular flexibility index (Phi) is 5.75. The van der Waals surface area contributed by atoms with E-state index < -0.39 is 0 Å². The van der Waals surface area contributed by atoms with Gasteiger partial charge in [-0.25, -0.2) is 4.98 Å².